The molecule has 0 aliphatic rings. The van der Waals surface area contributed by atoms with Gasteiger partial charge in [-0.25, -0.2) is 0 Å². The van der Waals surface area contributed by atoms with E-state index >= 15 is 0 Å². The molecular formula is C13H20ClNO2. The van der Waals surface area contributed by atoms with E-state index in [2.05, 4.69) is 20.8 Å². The number of hydrogen-bond acceptors (Lipinski definition) is 2. The summed E-state index contributed by atoms with van der Waals surface area (Å²) in [6, 6.07) is 1.85. The summed E-state index contributed by atoms with van der Waals surface area (Å²) in [5.74, 6) is -0.0356. The molecule has 0 bridgehead atoms. The van der Waals surface area contributed by atoms with Gasteiger partial charge in [0.1, 0.15) is 0 Å². The quantitative estimate of drug-likeness (QED) is 0.773. The van der Waals surface area contributed by atoms with Crippen LogP contribution in [-0.2, 0) is 0 Å². The number of furan rings is 1. The zero-order valence-corrected chi connectivity index (χ0v) is 11.5. The van der Waals surface area contributed by atoms with Gasteiger partial charge in [-0.2, -0.15) is 0 Å². The lowest BCUT2D eigenvalue weighted by atomic mass is 10.1. The monoisotopic (exact) mass is 257 g/mol. The lowest BCUT2D eigenvalue weighted by molar-refractivity contribution is 0.0685. The Balaban J connectivity index is 2.82. The van der Waals surface area contributed by atoms with Gasteiger partial charge in [0, 0.05) is 12.6 Å². The molecule has 0 aliphatic heterocycles. The third kappa shape index (κ3) is 3.50. The molecule has 0 aliphatic carbocycles. The highest BCUT2D eigenvalue weighted by molar-refractivity contribution is 6.32. The van der Waals surface area contributed by atoms with E-state index in [0.29, 0.717) is 5.56 Å². The summed E-state index contributed by atoms with van der Waals surface area (Å²) in [5, 5.41) is 0.180. The SMILES string of the molecule is CCCCN(C(=O)c1ccoc1Cl)C(C)CC. The van der Waals surface area contributed by atoms with Crippen molar-refractivity contribution in [1.82, 2.24) is 4.90 Å². The van der Waals surface area contributed by atoms with Crippen LogP contribution >= 0.6 is 11.6 Å². The first-order chi connectivity index (χ1) is 8.11. The smallest absolute Gasteiger partial charge is 0.258 e. The molecule has 0 saturated carbocycles. The first-order valence-corrected chi connectivity index (χ1v) is 6.53. The Labute approximate surface area is 108 Å². The van der Waals surface area contributed by atoms with Crippen LogP contribution in [0.5, 0.6) is 0 Å². The summed E-state index contributed by atoms with van der Waals surface area (Å²) >= 11 is 5.85. The molecule has 3 nitrogen and oxygen atoms in total. The van der Waals surface area contributed by atoms with Crippen molar-refractivity contribution < 1.29 is 9.21 Å². The maximum atomic E-state index is 12.3. The summed E-state index contributed by atoms with van der Waals surface area (Å²) in [6.45, 7) is 7.02. The number of hydrogen-bond donors (Lipinski definition) is 0. The van der Waals surface area contributed by atoms with Gasteiger partial charge in [-0.15, -0.1) is 0 Å². The molecule has 0 radical (unpaired) electrons. The van der Waals surface area contributed by atoms with Crippen molar-refractivity contribution >= 4 is 17.5 Å². The normalized spacial score (nSPS) is 12.5. The first kappa shape index (κ1) is 14.1. The molecule has 0 aromatic carbocycles. The van der Waals surface area contributed by atoms with Crippen molar-refractivity contribution in [2.45, 2.75) is 46.1 Å². The van der Waals surface area contributed by atoms with Gasteiger partial charge in [0.25, 0.3) is 5.91 Å². The van der Waals surface area contributed by atoms with Gasteiger partial charge < -0.3 is 9.32 Å². The molecule has 0 spiro atoms. The van der Waals surface area contributed by atoms with Crippen LogP contribution in [0.25, 0.3) is 0 Å². The van der Waals surface area contributed by atoms with Crippen LogP contribution in [0.3, 0.4) is 0 Å². The minimum absolute atomic E-state index is 0.0356. The Morgan fingerprint density at radius 3 is 2.71 bits per heavy atom. The fourth-order valence-corrected chi connectivity index (χ4v) is 1.87. The molecule has 1 aromatic heterocycles. The maximum absolute atomic E-state index is 12.3. The van der Waals surface area contributed by atoms with Crippen molar-refractivity contribution in [3.05, 3.63) is 23.1 Å². The van der Waals surface area contributed by atoms with Crippen LogP contribution in [0.1, 0.15) is 50.4 Å². The third-order valence-electron chi connectivity index (χ3n) is 2.98. The summed E-state index contributed by atoms with van der Waals surface area (Å²) in [6.07, 6.45) is 4.46. The fourth-order valence-electron chi connectivity index (χ4n) is 1.67. The minimum atomic E-state index is -0.0356. The number of nitrogens with zero attached hydrogens (tertiary/aromatic N) is 1. The van der Waals surface area contributed by atoms with E-state index in [9.17, 15) is 4.79 Å². The van der Waals surface area contributed by atoms with Crippen molar-refractivity contribution in [3.8, 4) is 0 Å². The minimum Gasteiger partial charge on any atom is -0.452 e. The molecule has 1 aromatic rings. The largest absolute Gasteiger partial charge is 0.452 e. The van der Waals surface area contributed by atoms with Crippen molar-refractivity contribution in [2.24, 2.45) is 0 Å². The van der Waals surface area contributed by atoms with Gasteiger partial charge in [-0.1, -0.05) is 20.3 Å². The lowest BCUT2D eigenvalue weighted by Gasteiger charge is -2.28. The first-order valence-electron chi connectivity index (χ1n) is 6.15. The predicted molar refractivity (Wildman–Crippen MR) is 69.4 cm³/mol. The molecule has 1 rings (SSSR count). The maximum Gasteiger partial charge on any atom is 0.258 e. The highest BCUT2D eigenvalue weighted by Gasteiger charge is 2.23. The summed E-state index contributed by atoms with van der Waals surface area (Å²) in [5.41, 5.74) is 0.461. The van der Waals surface area contributed by atoms with E-state index in [1.54, 1.807) is 6.07 Å². The Bertz CT molecular complexity index is 362. The second-order valence-electron chi connectivity index (χ2n) is 4.22. The van der Waals surface area contributed by atoms with E-state index in [-0.39, 0.29) is 17.2 Å². The van der Waals surface area contributed by atoms with Gasteiger partial charge in [-0.05, 0) is 37.4 Å². The van der Waals surface area contributed by atoms with Gasteiger partial charge in [0.05, 0.1) is 11.8 Å². The fraction of sp³-hybridized carbons (Fsp3) is 0.615. The number of carbonyl (C=O) groups excluding carboxylic acids is 1. The van der Waals surface area contributed by atoms with Crippen molar-refractivity contribution in [2.75, 3.05) is 6.54 Å². The van der Waals surface area contributed by atoms with E-state index in [4.69, 9.17) is 16.0 Å². The van der Waals surface area contributed by atoms with E-state index < -0.39 is 0 Å². The van der Waals surface area contributed by atoms with Crippen LogP contribution in [0.2, 0.25) is 5.22 Å². The van der Waals surface area contributed by atoms with Crippen LogP contribution in [0.4, 0.5) is 0 Å². The molecule has 0 N–H and O–H groups in total. The molecule has 96 valence electrons. The third-order valence-corrected chi connectivity index (χ3v) is 3.28. The molecule has 1 heterocycles. The second kappa shape index (κ2) is 6.70. The highest BCUT2D eigenvalue weighted by Crippen LogP contribution is 2.20. The molecule has 1 unspecified atom stereocenters. The second-order valence-corrected chi connectivity index (χ2v) is 4.56. The van der Waals surface area contributed by atoms with Crippen molar-refractivity contribution in [3.63, 3.8) is 0 Å². The number of unbranched alkanes of at least 4 members (excludes halogenated alkanes) is 1. The summed E-state index contributed by atoms with van der Waals surface area (Å²) in [7, 11) is 0. The van der Waals surface area contributed by atoms with Gasteiger partial charge in [-0.3, -0.25) is 4.79 Å². The van der Waals surface area contributed by atoms with Crippen LogP contribution in [0, 0.1) is 0 Å². The molecule has 4 heteroatoms. The highest BCUT2D eigenvalue weighted by atomic mass is 35.5. The average molecular weight is 258 g/mol. The molecule has 0 saturated heterocycles. The summed E-state index contributed by atoms with van der Waals surface area (Å²) in [4.78, 5) is 14.2. The molecule has 1 amide bonds. The topological polar surface area (TPSA) is 33.5 Å². The Morgan fingerprint density at radius 2 is 2.24 bits per heavy atom. The van der Waals surface area contributed by atoms with Crippen molar-refractivity contribution in [1.29, 1.82) is 0 Å². The lowest BCUT2D eigenvalue weighted by Crippen LogP contribution is -2.39. The van der Waals surface area contributed by atoms with Gasteiger partial charge in [0.2, 0.25) is 5.22 Å². The van der Waals surface area contributed by atoms with E-state index in [1.165, 1.54) is 6.26 Å². The standard InChI is InChI=1S/C13H20ClNO2/c1-4-6-8-15(10(3)5-2)13(16)11-7-9-17-12(11)14/h7,9-10H,4-6,8H2,1-3H3. The van der Waals surface area contributed by atoms with Crippen LogP contribution < -0.4 is 0 Å². The van der Waals surface area contributed by atoms with E-state index in [0.717, 1.165) is 25.8 Å². The molecule has 1 atom stereocenters. The molecule has 0 fully saturated rings. The Kier molecular flexibility index (Phi) is 5.56. The molecular weight excluding hydrogens is 238 g/mol. The summed E-state index contributed by atoms with van der Waals surface area (Å²) < 4.78 is 4.97. The van der Waals surface area contributed by atoms with E-state index in [1.807, 2.05) is 4.90 Å². The Morgan fingerprint density at radius 1 is 1.53 bits per heavy atom. The van der Waals surface area contributed by atoms with Gasteiger partial charge >= 0.3 is 0 Å². The molecule has 17 heavy (non-hydrogen) atoms. The number of rotatable bonds is 6. The number of amides is 1. The van der Waals surface area contributed by atoms with Gasteiger partial charge in [0.15, 0.2) is 0 Å². The average Bonchev–Trinajstić information content (AvgIpc) is 2.75. The number of halogens is 1. The zero-order chi connectivity index (χ0) is 12.8. The Hall–Kier alpha value is -0.960. The predicted octanol–water partition coefficient (Wildman–Crippen LogP) is 3.97. The zero-order valence-electron chi connectivity index (χ0n) is 10.7. The van der Waals surface area contributed by atoms with Crippen LogP contribution in [-0.4, -0.2) is 23.4 Å². The number of carbonyl (C=O) groups is 1. The van der Waals surface area contributed by atoms with Crippen LogP contribution in [0.15, 0.2) is 16.7 Å².